The van der Waals surface area contributed by atoms with Gasteiger partial charge in [-0.25, -0.2) is 0 Å². The fourth-order valence-corrected chi connectivity index (χ4v) is 5.76. The first-order valence-electron chi connectivity index (χ1n) is 13.1. The van der Waals surface area contributed by atoms with Crippen molar-refractivity contribution in [1.29, 1.82) is 0 Å². The zero-order chi connectivity index (χ0) is 25.5. The fourth-order valence-electron chi connectivity index (χ4n) is 5.76. The first-order valence-corrected chi connectivity index (χ1v) is 13.1. The molecule has 1 heteroatoms. The van der Waals surface area contributed by atoms with Crippen molar-refractivity contribution in [2.45, 2.75) is 0 Å². The van der Waals surface area contributed by atoms with Crippen LogP contribution >= 0.6 is 0 Å². The number of nitrogens with zero attached hydrogens (tertiary/aromatic N) is 1. The van der Waals surface area contributed by atoms with Gasteiger partial charge in [0.25, 0.3) is 0 Å². The molecule has 0 aliphatic rings. The van der Waals surface area contributed by atoms with Crippen molar-refractivity contribution in [2.75, 3.05) is 0 Å². The maximum absolute atomic E-state index is 2.37. The number of hydrogen-bond donors (Lipinski definition) is 0. The van der Waals surface area contributed by atoms with E-state index in [0.717, 1.165) is 0 Å². The highest BCUT2D eigenvalue weighted by Crippen LogP contribution is 2.39. The van der Waals surface area contributed by atoms with Gasteiger partial charge in [-0.3, -0.25) is 0 Å². The second-order valence-corrected chi connectivity index (χ2v) is 9.85. The minimum Gasteiger partial charge on any atom is -0.344 e. The maximum atomic E-state index is 2.37. The Morgan fingerprint density at radius 1 is 0.342 bits per heavy atom. The second-order valence-electron chi connectivity index (χ2n) is 9.85. The van der Waals surface area contributed by atoms with Gasteiger partial charge in [0.05, 0.1) is 0 Å². The molecule has 180 valence electrons. The highest BCUT2D eigenvalue weighted by molar-refractivity contribution is 6.11. The molecule has 0 aliphatic carbocycles. The van der Waals surface area contributed by atoms with Crippen LogP contribution in [0.5, 0.6) is 0 Å². The molecule has 0 radical (unpaired) electrons. The summed E-state index contributed by atoms with van der Waals surface area (Å²) >= 11 is 0. The van der Waals surface area contributed by atoms with Crippen LogP contribution in [0.25, 0.3) is 66.3 Å². The van der Waals surface area contributed by atoms with E-state index in [9.17, 15) is 0 Å². The summed E-state index contributed by atoms with van der Waals surface area (Å²) in [4.78, 5) is 0. The van der Waals surface area contributed by atoms with Crippen LogP contribution in [-0.2, 0) is 7.05 Å². The number of aromatic nitrogens is 1. The van der Waals surface area contributed by atoms with Gasteiger partial charge < -0.3 is 4.57 Å². The molecule has 0 N–H and O–H groups in total. The Balaban J connectivity index is 1.42. The zero-order valence-corrected chi connectivity index (χ0v) is 21.3. The van der Waals surface area contributed by atoms with Gasteiger partial charge in [-0.1, -0.05) is 121 Å². The van der Waals surface area contributed by atoms with Gasteiger partial charge >= 0.3 is 0 Å². The Morgan fingerprint density at radius 3 is 1.08 bits per heavy atom. The molecule has 0 saturated carbocycles. The fraction of sp³-hybridized carbons (Fsp3) is 0.0270. The van der Waals surface area contributed by atoms with Crippen molar-refractivity contribution in [3.63, 3.8) is 0 Å². The molecule has 38 heavy (non-hydrogen) atoms. The molecular weight excluding hydrogens is 458 g/mol. The van der Waals surface area contributed by atoms with Crippen LogP contribution in [-0.4, -0.2) is 4.57 Å². The molecule has 0 bridgehead atoms. The molecule has 1 aromatic heterocycles. The lowest BCUT2D eigenvalue weighted by Gasteiger charge is -2.11. The summed E-state index contributed by atoms with van der Waals surface area (Å²) in [5, 5.41) is 2.56. The minimum atomic E-state index is 1.24. The highest BCUT2D eigenvalue weighted by Gasteiger charge is 2.14. The van der Waals surface area contributed by atoms with Crippen molar-refractivity contribution in [3.05, 3.63) is 146 Å². The van der Waals surface area contributed by atoms with Crippen LogP contribution < -0.4 is 0 Å². The standard InChI is InChI=1S/C37H27N/c1-38-36-22-20-28(32-18-10-8-16-30(32)26-12-4-2-5-13-26)24-34(36)35-25-29(21-23-37(35)38)33-19-11-9-17-31(33)27-14-6-3-7-15-27/h2-25H,1H3. The van der Waals surface area contributed by atoms with E-state index < -0.39 is 0 Å². The van der Waals surface area contributed by atoms with E-state index in [4.69, 9.17) is 0 Å². The molecule has 1 nitrogen and oxygen atoms in total. The third kappa shape index (κ3) is 3.72. The van der Waals surface area contributed by atoms with Gasteiger partial charge in [0.2, 0.25) is 0 Å². The Morgan fingerprint density at radius 2 is 0.684 bits per heavy atom. The summed E-state index contributed by atoms with van der Waals surface area (Å²) in [5.74, 6) is 0. The van der Waals surface area contributed by atoms with E-state index in [2.05, 4.69) is 157 Å². The lowest BCUT2D eigenvalue weighted by Crippen LogP contribution is -1.88. The van der Waals surface area contributed by atoms with E-state index in [1.54, 1.807) is 0 Å². The number of hydrogen-bond acceptors (Lipinski definition) is 0. The minimum absolute atomic E-state index is 1.24. The quantitative estimate of drug-likeness (QED) is 0.234. The van der Waals surface area contributed by atoms with E-state index in [-0.39, 0.29) is 0 Å². The molecular formula is C37H27N. The summed E-state index contributed by atoms with van der Waals surface area (Å²) in [6, 6.07) is 52.5. The van der Waals surface area contributed by atoms with E-state index in [1.807, 2.05) is 0 Å². The summed E-state index contributed by atoms with van der Waals surface area (Å²) in [6.07, 6.45) is 0. The van der Waals surface area contributed by atoms with Crippen molar-refractivity contribution in [3.8, 4) is 44.5 Å². The Bertz CT molecular complexity index is 1770. The molecule has 0 aliphatic heterocycles. The highest BCUT2D eigenvalue weighted by atomic mass is 14.9. The van der Waals surface area contributed by atoms with Crippen LogP contribution in [0.4, 0.5) is 0 Å². The van der Waals surface area contributed by atoms with E-state index in [1.165, 1.54) is 66.3 Å². The molecule has 0 spiro atoms. The van der Waals surface area contributed by atoms with Gasteiger partial charge in [-0.05, 0) is 68.8 Å². The molecule has 0 atom stereocenters. The van der Waals surface area contributed by atoms with Gasteiger partial charge in [-0.15, -0.1) is 0 Å². The van der Waals surface area contributed by atoms with Crippen molar-refractivity contribution in [2.24, 2.45) is 7.05 Å². The predicted octanol–water partition coefficient (Wildman–Crippen LogP) is 10.00. The zero-order valence-electron chi connectivity index (χ0n) is 21.3. The molecule has 1 heterocycles. The number of benzene rings is 6. The molecule has 6 aromatic carbocycles. The average molecular weight is 486 g/mol. The van der Waals surface area contributed by atoms with Gasteiger partial charge in [0.1, 0.15) is 0 Å². The third-order valence-electron chi connectivity index (χ3n) is 7.65. The Labute approximate surface area is 223 Å². The molecule has 0 fully saturated rings. The summed E-state index contributed by atoms with van der Waals surface area (Å²) < 4.78 is 2.31. The lowest BCUT2D eigenvalue weighted by atomic mass is 9.92. The van der Waals surface area contributed by atoms with Crippen LogP contribution in [0.3, 0.4) is 0 Å². The van der Waals surface area contributed by atoms with Gasteiger partial charge in [0, 0.05) is 28.9 Å². The van der Waals surface area contributed by atoms with Crippen molar-refractivity contribution in [1.82, 2.24) is 4.57 Å². The summed E-state index contributed by atoms with van der Waals surface area (Å²) in [7, 11) is 2.17. The summed E-state index contributed by atoms with van der Waals surface area (Å²) in [5.41, 5.74) is 12.5. The van der Waals surface area contributed by atoms with Crippen LogP contribution in [0.15, 0.2) is 146 Å². The Kier molecular flexibility index (Phi) is 5.41. The number of fused-ring (bicyclic) bond motifs is 3. The first-order chi connectivity index (χ1) is 18.8. The first kappa shape index (κ1) is 22.3. The van der Waals surface area contributed by atoms with Crippen LogP contribution in [0.2, 0.25) is 0 Å². The van der Waals surface area contributed by atoms with Crippen LogP contribution in [0.1, 0.15) is 0 Å². The lowest BCUT2D eigenvalue weighted by molar-refractivity contribution is 1.01. The van der Waals surface area contributed by atoms with Gasteiger partial charge in [-0.2, -0.15) is 0 Å². The normalized spacial score (nSPS) is 11.3. The SMILES string of the molecule is Cn1c2ccc(-c3ccccc3-c3ccccc3)cc2c2cc(-c3ccccc3-c3ccccc3)ccc21. The Hall–Kier alpha value is -4.88. The average Bonchev–Trinajstić information content (AvgIpc) is 3.28. The smallest absolute Gasteiger partial charge is 0.0489 e. The summed E-state index contributed by atoms with van der Waals surface area (Å²) in [6.45, 7) is 0. The predicted molar refractivity (Wildman–Crippen MR) is 162 cm³/mol. The molecule has 0 saturated heterocycles. The molecule has 0 unspecified atom stereocenters. The molecule has 7 aromatic rings. The largest absolute Gasteiger partial charge is 0.344 e. The van der Waals surface area contributed by atoms with Crippen molar-refractivity contribution >= 4 is 21.8 Å². The van der Waals surface area contributed by atoms with E-state index >= 15 is 0 Å². The number of rotatable bonds is 4. The van der Waals surface area contributed by atoms with Gasteiger partial charge in [0.15, 0.2) is 0 Å². The monoisotopic (exact) mass is 485 g/mol. The van der Waals surface area contributed by atoms with Crippen LogP contribution in [0, 0.1) is 0 Å². The third-order valence-corrected chi connectivity index (χ3v) is 7.65. The second kappa shape index (κ2) is 9.21. The molecule has 0 amide bonds. The topological polar surface area (TPSA) is 4.93 Å². The maximum Gasteiger partial charge on any atom is 0.0489 e. The number of aryl methyl sites for hydroxylation is 1. The van der Waals surface area contributed by atoms with E-state index in [0.29, 0.717) is 0 Å². The molecule has 7 rings (SSSR count). The van der Waals surface area contributed by atoms with Crippen molar-refractivity contribution < 1.29 is 0 Å².